The van der Waals surface area contributed by atoms with Crippen LogP contribution in [0.4, 0.5) is 11.4 Å². The summed E-state index contributed by atoms with van der Waals surface area (Å²) in [6.07, 6.45) is 2.46. The lowest BCUT2D eigenvalue weighted by Crippen LogP contribution is -2.30. The number of rotatable bonds is 9. The summed E-state index contributed by atoms with van der Waals surface area (Å²) < 4.78 is 17.0. The second kappa shape index (κ2) is 10.6. The first-order valence-corrected chi connectivity index (χ1v) is 9.49. The number of hydrogen-bond acceptors (Lipinski definition) is 6. The van der Waals surface area contributed by atoms with Crippen LogP contribution in [0.25, 0.3) is 6.08 Å². The first-order chi connectivity index (χ1) is 14.6. The van der Waals surface area contributed by atoms with Crippen LogP contribution in [0.5, 0.6) is 11.5 Å². The highest BCUT2D eigenvalue weighted by Crippen LogP contribution is 2.16. The standard InChI is InChI=1S/C24H24N2O4/c25-19-7-11-21(12-8-19)28-16-23(17-29-22-13-9-20(26)10-14-22)30-24(27)15-6-18-4-2-1-3-5-18/h1-15,23H,16-17,25-26H2/b15-6+. The van der Waals surface area contributed by atoms with Gasteiger partial charge in [-0.05, 0) is 60.2 Å². The molecule has 0 saturated heterocycles. The van der Waals surface area contributed by atoms with Gasteiger partial charge in [0.1, 0.15) is 24.7 Å². The third-order valence-electron chi connectivity index (χ3n) is 4.13. The molecule has 0 atom stereocenters. The fourth-order valence-electron chi connectivity index (χ4n) is 2.55. The average molecular weight is 404 g/mol. The molecule has 0 aromatic heterocycles. The number of carbonyl (C=O) groups is 1. The molecule has 4 N–H and O–H groups in total. The molecule has 3 aromatic carbocycles. The average Bonchev–Trinajstić information content (AvgIpc) is 2.77. The highest BCUT2D eigenvalue weighted by molar-refractivity contribution is 5.87. The summed E-state index contributed by atoms with van der Waals surface area (Å²) in [6, 6.07) is 23.5. The van der Waals surface area contributed by atoms with Crippen molar-refractivity contribution >= 4 is 23.4 Å². The molecule has 154 valence electrons. The van der Waals surface area contributed by atoms with Gasteiger partial charge < -0.3 is 25.7 Å². The van der Waals surface area contributed by atoms with E-state index < -0.39 is 12.1 Å². The van der Waals surface area contributed by atoms with Crippen LogP contribution in [0.1, 0.15) is 5.56 Å². The van der Waals surface area contributed by atoms with E-state index in [4.69, 9.17) is 25.7 Å². The minimum absolute atomic E-state index is 0.129. The molecule has 0 saturated carbocycles. The van der Waals surface area contributed by atoms with Gasteiger partial charge in [-0.25, -0.2) is 4.79 Å². The summed E-state index contributed by atoms with van der Waals surface area (Å²) in [6.45, 7) is 0.258. The van der Waals surface area contributed by atoms with Crippen molar-refractivity contribution in [1.29, 1.82) is 0 Å². The Kier molecular flexibility index (Phi) is 7.33. The highest BCUT2D eigenvalue weighted by atomic mass is 16.6. The lowest BCUT2D eigenvalue weighted by atomic mass is 10.2. The number of nitrogens with two attached hydrogens (primary N) is 2. The van der Waals surface area contributed by atoms with Crippen LogP contribution in [0.2, 0.25) is 0 Å². The molecule has 0 aliphatic heterocycles. The van der Waals surface area contributed by atoms with E-state index in [1.807, 2.05) is 30.3 Å². The van der Waals surface area contributed by atoms with Crippen molar-refractivity contribution in [2.75, 3.05) is 24.7 Å². The third kappa shape index (κ3) is 6.91. The van der Waals surface area contributed by atoms with Gasteiger partial charge in [-0.2, -0.15) is 0 Å². The lowest BCUT2D eigenvalue weighted by Gasteiger charge is -2.18. The zero-order chi connectivity index (χ0) is 21.2. The van der Waals surface area contributed by atoms with Crippen LogP contribution in [-0.4, -0.2) is 25.3 Å². The predicted molar refractivity (Wildman–Crippen MR) is 118 cm³/mol. The van der Waals surface area contributed by atoms with Gasteiger partial charge in [0, 0.05) is 17.5 Å². The molecule has 6 heteroatoms. The Bertz CT molecular complexity index is 905. The topological polar surface area (TPSA) is 96.8 Å². The molecule has 0 heterocycles. The number of hydrogen-bond donors (Lipinski definition) is 2. The number of anilines is 2. The fraction of sp³-hybridized carbons (Fsp3) is 0.125. The van der Waals surface area contributed by atoms with Crippen molar-refractivity contribution in [1.82, 2.24) is 0 Å². The Morgan fingerprint density at radius 1 is 0.767 bits per heavy atom. The maximum absolute atomic E-state index is 12.3. The van der Waals surface area contributed by atoms with Gasteiger partial charge in [-0.15, -0.1) is 0 Å². The zero-order valence-corrected chi connectivity index (χ0v) is 16.4. The SMILES string of the molecule is Nc1ccc(OCC(COc2ccc(N)cc2)OC(=O)/C=C/c2ccccc2)cc1. The number of nitrogen functional groups attached to an aromatic ring is 2. The summed E-state index contributed by atoms with van der Waals surface area (Å²) in [5.41, 5.74) is 13.6. The van der Waals surface area contributed by atoms with Crippen molar-refractivity contribution in [3.63, 3.8) is 0 Å². The molecule has 0 spiro atoms. The van der Waals surface area contributed by atoms with Gasteiger partial charge in [-0.1, -0.05) is 30.3 Å². The summed E-state index contributed by atoms with van der Waals surface area (Å²) in [4.78, 5) is 12.3. The molecular formula is C24H24N2O4. The quantitative estimate of drug-likeness (QED) is 0.319. The molecule has 0 unspecified atom stereocenters. The summed E-state index contributed by atoms with van der Waals surface area (Å²) >= 11 is 0. The molecule has 0 radical (unpaired) electrons. The first kappa shape index (κ1) is 20.8. The van der Waals surface area contributed by atoms with Crippen LogP contribution in [-0.2, 0) is 9.53 Å². The maximum Gasteiger partial charge on any atom is 0.331 e. The molecule has 0 aliphatic carbocycles. The summed E-state index contributed by atoms with van der Waals surface area (Å²) in [5.74, 6) is 0.765. The van der Waals surface area contributed by atoms with E-state index in [0.717, 1.165) is 5.56 Å². The van der Waals surface area contributed by atoms with E-state index >= 15 is 0 Å². The van der Waals surface area contributed by atoms with Gasteiger partial charge in [0.05, 0.1) is 0 Å². The number of carbonyl (C=O) groups excluding carboxylic acids is 1. The van der Waals surface area contributed by atoms with Crippen LogP contribution in [0.15, 0.2) is 84.9 Å². The second-order valence-corrected chi connectivity index (χ2v) is 6.56. The fourth-order valence-corrected chi connectivity index (χ4v) is 2.55. The molecule has 0 aliphatic rings. The number of benzene rings is 3. The minimum atomic E-state index is -0.618. The summed E-state index contributed by atoms with van der Waals surface area (Å²) in [7, 11) is 0. The van der Waals surface area contributed by atoms with Crippen molar-refractivity contribution in [3.8, 4) is 11.5 Å². The van der Waals surface area contributed by atoms with Crippen molar-refractivity contribution in [2.45, 2.75) is 6.10 Å². The van der Waals surface area contributed by atoms with Crippen LogP contribution in [0.3, 0.4) is 0 Å². The Morgan fingerprint density at radius 3 is 1.77 bits per heavy atom. The lowest BCUT2D eigenvalue weighted by molar-refractivity contribution is -0.146. The van der Waals surface area contributed by atoms with Crippen LogP contribution in [0, 0.1) is 0 Å². The molecule has 30 heavy (non-hydrogen) atoms. The Balaban J connectivity index is 1.60. The van der Waals surface area contributed by atoms with E-state index in [0.29, 0.717) is 22.9 Å². The van der Waals surface area contributed by atoms with Crippen LogP contribution < -0.4 is 20.9 Å². The summed E-state index contributed by atoms with van der Waals surface area (Å²) in [5, 5.41) is 0. The van der Waals surface area contributed by atoms with Crippen molar-refractivity contribution < 1.29 is 19.0 Å². The van der Waals surface area contributed by atoms with E-state index in [2.05, 4.69) is 0 Å². The van der Waals surface area contributed by atoms with E-state index in [-0.39, 0.29) is 13.2 Å². The maximum atomic E-state index is 12.3. The number of ether oxygens (including phenoxy) is 3. The second-order valence-electron chi connectivity index (χ2n) is 6.56. The van der Waals surface area contributed by atoms with E-state index in [1.165, 1.54) is 6.08 Å². The first-order valence-electron chi connectivity index (χ1n) is 9.49. The monoisotopic (exact) mass is 404 g/mol. The Hall–Kier alpha value is -3.93. The van der Waals surface area contributed by atoms with E-state index in [1.54, 1.807) is 54.6 Å². The van der Waals surface area contributed by atoms with Gasteiger partial charge in [0.2, 0.25) is 0 Å². The minimum Gasteiger partial charge on any atom is -0.490 e. The Morgan fingerprint density at radius 2 is 1.27 bits per heavy atom. The van der Waals surface area contributed by atoms with E-state index in [9.17, 15) is 4.79 Å². The van der Waals surface area contributed by atoms with Crippen molar-refractivity contribution in [3.05, 3.63) is 90.5 Å². The molecule has 0 amide bonds. The molecule has 0 bridgehead atoms. The van der Waals surface area contributed by atoms with Crippen LogP contribution >= 0.6 is 0 Å². The molecule has 0 fully saturated rings. The van der Waals surface area contributed by atoms with Gasteiger partial charge in [-0.3, -0.25) is 0 Å². The largest absolute Gasteiger partial charge is 0.490 e. The van der Waals surface area contributed by atoms with Gasteiger partial charge in [0.15, 0.2) is 6.10 Å². The molecule has 3 aromatic rings. The molecule has 3 rings (SSSR count). The Labute approximate surface area is 175 Å². The zero-order valence-electron chi connectivity index (χ0n) is 16.4. The smallest absolute Gasteiger partial charge is 0.331 e. The number of esters is 1. The van der Waals surface area contributed by atoms with Gasteiger partial charge >= 0.3 is 5.97 Å². The normalized spacial score (nSPS) is 10.8. The third-order valence-corrected chi connectivity index (χ3v) is 4.13. The highest BCUT2D eigenvalue weighted by Gasteiger charge is 2.16. The molecular weight excluding hydrogens is 380 g/mol. The molecule has 6 nitrogen and oxygen atoms in total. The predicted octanol–water partition coefficient (Wildman–Crippen LogP) is 3.93. The van der Waals surface area contributed by atoms with Gasteiger partial charge in [0.25, 0.3) is 0 Å². The van der Waals surface area contributed by atoms with Crippen molar-refractivity contribution in [2.24, 2.45) is 0 Å².